The summed E-state index contributed by atoms with van der Waals surface area (Å²) < 4.78 is 28.0. The van der Waals surface area contributed by atoms with E-state index in [-0.39, 0.29) is 29.7 Å². The fourth-order valence-corrected chi connectivity index (χ4v) is 14.3. The van der Waals surface area contributed by atoms with Crippen LogP contribution < -0.4 is 77.9 Å². The Morgan fingerprint density at radius 2 is 0.821 bits per heavy atom. The quantitative estimate of drug-likeness (QED) is 0.125. The zero-order valence-electron chi connectivity index (χ0n) is 49.3. The standard InChI is InChI=1S/C72H58B3N5O4/c1-38-22-39(2)69(40(3)23-38)80-55-34-54-48(73-50-28-44(71(7,8)9)16-20-58(50)81-62-26-41(36-76)24-56(66(62)73)79(54)47-18-14-43(15-19-47)70(4,5)6)32-49(55)74-52-33-53-61(35-60(52)83-63-27-42(37-77)25-57(80)67(63)74)84-65-31-46(78-13)30-64-68(65)75(53)51-29-45(72(10,11)12)17-21-59(51)82-64/h14-35H,1-12H3. The van der Waals surface area contributed by atoms with Crippen LogP contribution in [0.3, 0.4) is 0 Å². The van der Waals surface area contributed by atoms with Crippen LogP contribution >= 0.6 is 0 Å². The maximum Gasteiger partial charge on any atom is 0.260 e. The summed E-state index contributed by atoms with van der Waals surface area (Å²) in [4.78, 5) is 8.58. The summed E-state index contributed by atoms with van der Waals surface area (Å²) in [6.45, 7) is 33.7. The fourth-order valence-electron chi connectivity index (χ4n) is 14.3. The summed E-state index contributed by atoms with van der Waals surface area (Å²) in [6.07, 6.45) is 0. The number of hydrogen-bond acceptors (Lipinski definition) is 8. The molecule has 9 nitrogen and oxygen atoms in total. The summed E-state index contributed by atoms with van der Waals surface area (Å²) >= 11 is 0. The lowest BCUT2D eigenvalue weighted by Gasteiger charge is -2.45. The third-order valence-corrected chi connectivity index (χ3v) is 18.2. The number of fused-ring (bicyclic) bond motifs is 12. The van der Waals surface area contributed by atoms with Crippen LogP contribution in [-0.2, 0) is 16.2 Å². The first-order chi connectivity index (χ1) is 40.1. The predicted molar refractivity (Wildman–Crippen MR) is 342 cm³/mol. The molecule has 6 heterocycles. The summed E-state index contributed by atoms with van der Waals surface area (Å²) in [7, 11) is 0. The second-order valence-corrected chi connectivity index (χ2v) is 26.8. The van der Waals surface area contributed by atoms with Gasteiger partial charge in [-0.05, 0) is 175 Å². The average Bonchev–Trinajstić information content (AvgIpc) is 0.778. The Labute approximate surface area is 492 Å². The number of benzene rings is 9. The third-order valence-electron chi connectivity index (χ3n) is 18.2. The lowest BCUT2D eigenvalue weighted by molar-refractivity contribution is 0.456. The Hall–Kier alpha value is -9.56. The molecule has 9 aromatic rings. The number of anilines is 6. The monoisotopic (exact) mass is 1090 g/mol. The second kappa shape index (κ2) is 17.5. The van der Waals surface area contributed by atoms with Crippen molar-refractivity contribution in [2.45, 2.75) is 99.3 Å². The molecule has 15 rings (SSSR count). The molecule has 0 unspecified atom stereocenters. The van der Waals surface area contributed by atoms with Crippen molar-refractivity contribution in [2.75, 3.05) is 9.80 Å². The molecule has 404 valence electrons. The van der Waals surface area contributed by atoms with Gasteiger partial charge in [-0.25, -0.2) is 4.85 Å². The van der Waals surface area contributed by atoms with Crippen LogP contribution in [0, 0.1) is 50.0 Å². The zero-order valence-corrected chi connectivity index (χ0v) is 49.3. The van der Waals surface area contributed by atoms with Gasteiger partial charge in [-0.2, -0.15) is 10.5 Å². The van der Waals surface area contributed by atoms with Gasteiger partial charge in [0.05, 0.1) is 35.5 Å². The number of nitriles is 2. The fraction of sp³-hybridized carbons (Fsp3) is 0.208. The Morgan fingerprint density at radius 1 is 0.405 bits per heavy atom. The zero-order chi connectivity index (χ0) is 58.4. The highest BCUT2D eigenvalue weighted by molar-refractivity contribution is 7.03. The van der Waals surface area contributed by atoms with E-state index in [4.69, 9.17) is 25.5 Å². The van der Waals surface area contributed by atoms with Gasteiger partial charge in [-0.3, -0.25) is 0 Å². The van der Waals surface area contributed by atoms with Gasteiger partial charge < -0.3 is 28.7 Å². The van der Waals surface area contributed by atoms with Gasteiger partial charge >= 0.3 is 0 Å². The van der Waals surface area contributed by atoms with Crippen LogP contribution in [0.15, 0.2) is 133 Å². The molecule has 0 bridgehead atoms. The number of rotatable bonds is 2. The molecule has 12 heteroatoms. The molecule has 9 aromatic carbocycles. The van der Waals surface area contributed by atoms with Gasteiger partial charge in [0.25, 0.3) is 20.1 Å². The van der Waals surface area contributed by atoms with E-state index in [9.17, 15) is 10.5 Å². The topological polar surface area (TPSA) is 95.3 Å². The normalized spacial score (nSPS) is 14.2. The summed E-state index contributed by atoms with van der Waals surface area (Å²) in [5.41, 5.74) is 22.6. The molecule has 84 heavy (non-hydrogen) atoms. The SMILES string of the molecule is [C-]#[N+]c1cc2c3c(c1)Oc1cc4c(cc1B3c1cc(C(C)(C)C)ccc1O2)B1c2cc3c(cc2N(c2c(C)cc(C)cc2C)c2cc(C#N)cc(c21)O4)N(c1ccc(C(C)(C)C)cc1)c1cc(C#N)cc2c1B3c1cc(C(C)(C)C)ccc1O2. The minimum absolute atomic E-state index is 0.0913. The van der Waals surface area contributed by atoms with Crippen LogP contribution in [0.25, 0.3) is 4.85 Å². The van der Waals surface area contributed by atoms with Crippen molar-refractivity contribution in [3.63, 3.8) is 0 Å². The number of ether oxygens (including phenoxy) is 4. The molecule has 6 aliphatic heterocycles. The van der Waals surface area contributed by atoms with Crippen molar-refractivity contribution in [2.24, 2.45) is 0 Å². The highest BCUT2D eigenvalue weighted by Gasteiger charge is 2.50. The van der Waals surface area contributed by atoms with Crippen LogP contribution in [0.5, 0.6) is 46.0 Å². The third kappa shape index (κ3) is 7.47. The predicted octanol–water partition coefficient (Wildman–Crippen LogP) is 12.3. The minimum atomic E-state index is -0.411. The van der Waals surface area contributed by atoms with E-state index in [1.54, 1.807) is 0 Å². The van der Waals surface area contributed by atoms with Gasteiger partial charge in [0.15, 0.2) is 5.69 Å². The molecule has 0 spiro atoms. The van der Waals surface area contributed by atoms with E-state index < -0.39 is 6.71 Å². The first kappa shape index (κ1) is 51.3. The molecule has 0 saturated heterocycles. The molecular weight excluding hydrogens is 1030 g/mol. The van der Waals surface area contributed by atoms with Gasteiger partial charge in [0.2, 0.25) is 0 Å². The van der Waals surface area contributed by atoms with E-state index in [0.717, 1.165) is 111 Å². The van der Waals surface area contributed by atoms with Crippen molar-refractivity contribution in [1.82, 2.24) is 0 Å². The Balaban J connectivity index is 1.06. The van der Waals surface area contributed by atoms with Gasteiger partial charge in [-0.1, -0.05) is 129 Å². The molecule has 0 saturated carbocycles. The van der Waals surface area contributed by atoms with E-state index >= 15 is 0 Å². The van der Waals surface area contributed by atoms with Crippen LogP contribution in [-0.4, -0.2) is 20.1 Å². The molecule has 0 amide bonds. The minimum Gasteiger partial charge on any atom is -0.460 e. The molecular formula is C72H58B3N5O4. The van der Waals surface area contributed by atoms with Crippen molar-refractivity contribution in [1.29, 1.82) is 10.5 Å². The molecule has 0 aromatic heterocycles. The van der Waals surface area contributed by atoms with E-state index in [2.05, 4.69) is 201 Å². The molecule has 6 aliphatic rings. The highest BCUT2D eigenvalue weighted by atomic mass is 16.5. The van der Waals surface area contributed by atoms with Crippen LogP contribution in [0.1, 0.15) is 107 Å². The Kier molecular flexibility index (Phi) is 10.7. The Bertz CT molecular complexity index is 4600. The first-order valence-corrected chi connectivity index (χ1v) is 28.9. The van der Waals surface area contributed by atoms with E-state index in [1.807, 2.05) is 42.5 Å². The number of nitrogens with zero attached hydrogens (tertiary/aromatic N) is 5. The average molecular weight is 1090 g/mol. The van der Waals surface area contributed by atoms with E-state index in [0.29, 0.717) is 51.3 Å². The van der Waals surface area contributed by atoms with Crippen LogP contribution in [0.2, 0.25) is 0 Å². The summed E-state index contributed by atoms with van der Waals surface area (Å²) in [6, 6.07) is 52.2. The number of hydrogen-bond donors (Lipinski definition) is 0. The first-order valence-electron chi connectivity index (χ1n) is 28.9. The largest absolute Gasteiger partial charge is 0.460 e. The van der Waals surface area contributed by atoms with Gasteiger partial charge in [-0.15, -0.1) is 0 Å². The lowest BCUT2D eigenvalue weighted by Crippen LogP contribution is -2.65. The van der Waals surface area contributed by atoms with E-state index in [1.165, 1.54) is 16.7 Å². The molecule has 0 atom stereocenters. The van der Waals surface area contributed by atoms with Crippen molar-refractivity contribution < 1.29 is 18.9 Å². The summed E-state index contributed by atoms with van der Waals surface area (Å²) in [5.74, 6) is 5.19. The Morgan fingerprint density at radius 3 is 1.30 bits per heavy atom. The lowest BCUT2D eigenvalue weighted by atomic mass is 9.29. The van der Waals surface area contributed by atoms with Gasteiger partial charge in [0.1, 0.15) is 46.0 Å². The van der Waals surface area contributed by atoms with Crippen LogP contribution in [0.4, 0.5) is 39.8 Å². The maximum atomic E-state index is 11.0. The molecule has 0 aliphatic carbocycles. The second-order valence-electron chi connectivity index (χ2n) is 26.8. The molecule has 0 N–H and O–H groups in total. The van der Waals surface area contributed by atoms with Gasteiger partial charge in [0, 0.05) is 40.0 Å². The molecule has 0 radical (unpaired) electrons. The van der Waals surface area contributed by atoms with Crippen molar-refractivity contribution >= 4 is 109 Å². The smallest absolute Gasteiger partial charge is 0.260 e. The molecule has 0 fully saturated rings. The summed E-state index contributed by atoms with van der Waals surface area (Å²) in [5, 5.41) is 21.8. The van der Waals surface area contributed by atoms with Crippen molar-refractivity contribution in [3.8, 4) is 58.1 Å². The number of aryl methyl sites for hydroxylation is 3. The van der Waals surface area contributed by atoms with Crippen molar-refractivity contribution in [3.05, 3.63) is 189 Å². The highest BCUT2D eigenvalue weighted by Crippen LogP contribution is 2.49. The maximum absolute atomic E-state index is 11.0.